The van der Waals surface area contributed by atoms with E-state index in [4.69, 9.17) is 32.7 Å². The zero-order valence-electron chi connectivity index (χ0n) is 25.3. The minimum Gasteiger partial charge on any atom is -0.505 e. The zero-order valence-corrected chi connectivity index (χ0v) is 26.8. The van der Waals surface area contributed by atoms with Crippen LogP contribution in [-0.4, -0.2) is 58.9 Å². The number of aromatic nitrogens is 6. The highest BCUT2D eigenvalue weighted by Gasteiger charge is 2.16. The first-order valence-corrected chi connectivity index (χ1v) is 15.3. The molecule has 0 saturated heterocycles. The number of ether oxygens (including phenoxy) is 2. The van der Waals surface area contributed by atoms with Crippen molar-refractivity contribution in [2.45, 2.75) is 39.5 Å². The van der Waals surface area contributed by atoms with E-state index in [2.05, 4.69) is 20.4 Å². The van der Waals surface area contributed by atoms with Gasteiger partial charge in [-0.3, -0.25) is 9.59 Å². The zero-order chi connectivity index (χ0) is 33.2. The fourth-order valence-corrected chi connectivity index (χ4v) is 5.38. The van der Waals surface area contributed by atoms with E-state index in [1.165, 1.54) is 9.59 Å². The Bertz CT molecular complexity index is 2010. The van der Waals surface area contributed by atoms with Gasteiger partial charge in [-0.2, -0.15) is 0 Å². The molecule has 0 atom stereocenters. The second-order valence-corrected chi connectivity index (χ2v) is 11.8. The molecule has 6 rings (SSSR count). The summed E-state index contributed by atoms with van der Waals surface area (Å²) in [7, 11) is 0. The third kappa shape index (κ3) is 7.13. The molecule has 0 bridgehead atoms. The van der Waals surface area contributed by atoms with Gasteiger partial charge in [0.15, 0.2) is 0 Å². The number of hydrogen-bond acceptors (Lipinski definition) is 10. The number of halogens is 2. The van der Waals surface area contributed by atoms with Gasteiger partial charge in [0.25, 0.3) is 0 Å². The highest BCUT2D eigenvalue weighted by Crippen LogP contribution is 2.30. The van der Waals surface area contributed by atoms with E-state index in [9.17, 15) is 19.8 Å². The molecule has 0 aliphatic heterocycles. The summed E-state index contributed by atoms with van der Waals surface area (Å²) in [6, 6.07) is 17.2. The number of carbonyl (C=O) groups is 2. The Morgan fingerprint density at radius 2 is 1.04 bits per heavy atom. The monoisotopic (exact) mass is 674 g/mol. The molecule has 12 nitrogen and oxygen atoms in total. The molecule has 0 fully saturated rings. The van der Waals surface area contributed by atoms with E-state index in [1.54, 1.807) is 74.5 Å². The molecule has 0 spiro atoms. The average Bonchev–Trinajstić information content (AvgIpc) is 3.65. The quantitative estimate of drug-likeness (QED) is 0.129. The fraction of sp³-hybridized carbons (Fsp3) is 0.212. The molecule has 47 heavy (non-hydrogen) atoms. The number of carbonyl (C=O) groups excluding carboxylic acids is 2. The Morgan fingerprint density at radius 3 is 1.47 bits per heavy atom. The van der Waals surface area contributed by atoms with E-state index in [-0.39, 0.29) is 24.3 Å². The van der Waals surface area contributed by atoms with Crippen LogP contribution in [0, 0.1) is 13.8 Å². The number of esters is 2. The summed E-state index contributed by atoms with van der Waals surface area (Å²) in [5, 5.41) is 40.0. The van der Waals surface area contributed by atoms with Gasteiger partial charge in [0.1, 0.15) is 44.9 Å². The maximum absolute atomic E-state index is 12.4. The van der Waals surface area contributed by atoms with Crippen LogP contribution < -0.4 is 0 Å². The molecule has 0 saturated carbocycles. The highest BCUT2D eigenvalue weighted by atomic mass is 35.5. The van der Waals surface area contributed by atoms with E-state index in [0.29, 0.717) is 67.5 Å². The molecular weight excluding hydrogens is 647 g/mol. The summed E-state index contributed by atoms with van der Waals surface area (Å²) in [4.78, 5) is 27.5. The number of nitrogens with zero attached hydrogens (tertiary/aromatic N) is 6. The van der Waals surface area contributed by atoms with Crippen LogP contribution in [0.2, 0.25) is 10.0 Å². The summed E-state index contributed by atoms with van der Waals surface area (Å²) in [6.45, 7) is 2.97. The first-order valence-electron chi connectivity index (χ1n) is 14.6. The Balaban J connectivity index is 1.01. The van der Waals surface area contributed by atoms with Crippen LogP contribution in [0.5, 0.6) is 11.5 Å². The third-order valence-electron chi connectivity index (χ3n) is 7.47. The number of rotatable bonds is 10. The van der Waals surface area contributed by atoms with Crippen molar-refractivity contribution in [3.63, 3.8) is 0 Å². The molecule has 0 amide bonds. The number of aromatic hydroxyl groups is 2. The molecule has 14 heteroatoms. The molecular formula is C33H28Cl2N6O6. The van der Waals surface area contributed by atoms with Crippen LogP contribution in [0.1, 0.15) is 35.1 Å². The smallest absolute Gasteiger partial charge is 0.308 e. The van der Waals surface area contributed by atoms with Crippen molar-refractivity contribution in [3.8, 4) is 22.9 Å². The van der Waals surface area contributed by atoms with Crippen molar-refractivity contribution >= 4 is 57.2 Å². The largest absolute Gasteiger partial charge is 0.505 e. The summed E-state index contributed by atoms with van der Waals surface area (Å²) in [6.07, 6.45) is 0.653. The van der Waals surface area contributed by atoms with Gasteiger partial charge in [-0.1, -0.05) is 35.3 Å². The Kier molecular flexibility index (Phi) is 8.97. The van der Waals surface area contributed by atoms with Crippen LogP contribution in [0.4, 0.5) is 0 Å². The van der Waals surface area contributed by atoms with Gasteiger partial charge in [-0.15, -0.1) is 30.0 Å². The van der Waals surface area contributed by atoms with Gasteiger partial charge in [-0.05, 0) is 97.5 Å². The standard InChI is InChI=1S/C33H28Cl2N6O6/c1-18-11-20(13-28(32(18)44)40-36-24-7-5-22(34)15-26(24)38-40)3-9-30(42)46-17-47-31(43)10-4-21-12-19(2)33(45)29(14-21)41-37-25-8-6-23(35)16-27(25)39-41/h5-8,11-16,44-45H,3-4,9-10,17H2,1-2H3. The maximum atomic E-state index is 12.4. The minimum absolute atomic E-state index is 0.0174. The van der Waals surface area contributed by atoms with Gasteiger partial charge in [0, 0.05) is 22.9 Å². The predicted molar refractivity (Wildman–Crippen MR) is 174 cm³/mol. The molecule has 6 aromatic rings. The van der Waals surface area contributed by atoms with E-state index >= 15 is 0 Å². The van der Waals surface area contributed by atoms with Crippen molar-refractivity contribution < 1.29 is 29.3 Å². The number of phenols is 2. The lowest BCUT2D eigenvalue weighted by atomic mass is 10.0. The number of hydrogen-bond donors (Lipinski definition) is 2. The SMILES string of the molecule is Cc1cc(CCC(=O)OCOC(=O)CCc2cc(C)c(O)c(-n3nc4ccc(Cl)cc4n3)c2)cc(-n2nc3ccc(Cl)cc3n2)c1O. The van der Waals surface area contributed by atoms with Gasteiger partial charge < -0.3 is 19.7 Å². The van der Waals surface area contributed by atoms with Crippen molar-refractivity contribution in [2.75, 3.05) is 6.79 Å². The number of phenolic OH excluding ortho intramolecular Hbond substituents is 2. The predicted octanol–water partition coefficient (Wildman–Crippen LogP) is 6.10. The molecule has 4 aromatic carbocycles. The second-order valence-electron chi connectivity index (χ2n) is 11.0. The summed E-state index contributed by atoms with van der Waals surface area (Å²) < 4.78 is 10.2. The molecule has 240 valence electrons. The Morgan fingerprint density at radius 1 is 0.638 bits per heavy atom. The lowest BCUT2D eigenvalue weighted by Gasteiger charge is -2.11. The number of benzene rings is 4. The lowest BCUT2D eigenvalue weighted by molar-refractivity contribution is -0.167. The summed E-state index contributed by atoms with van der Waals surface area (Å²) >= 11 is 12.1. The third-order valence-corrected chi connectivity index (χ3v) is 7.94. The molecule has 0 aliphatic rings. The molecule has 0 aliphatic carbocycles. The topological polar surface area (TPSA) is 154 Å². The molecule has 2 N–H and O–H groups in total. The average molecular weight is 676 g/mol. The lowest BCUT2D eigenvalue weighted by Crippen LogP contribution is -2.14. The van der Waals surface area contributed by atoms with Crippen LogP contribution >= 0.6 is 23.2 Å². The van der Waals surface area contributed by atoms with E-state index < -0.39 is 18.7 Å². The van der Waals surface area contributed by atoms with Crippen molar-refractivity contribution in [2.24, 2.45) is 0 Å². The van der Waals surface area contributed by atoms with Gasteiger partial charge in [-0.25, -0.2) is 0 Å². The maximum Gasteiger partial charge on any atom is 0.308 e. The van der Waals surface area contributed by atoms with Gasteiger partial charge >= 0.3 is 11.9 Å². The fourth-order valence-electron chi connectivity index (χ4n) is 5.05. The minimum atomic E-state index is -0.554. The first kappa shape index (κ1) is 31.8. The molecule has 2 heterocycles. The molecule has 2 aromatic heterocycles. The normalized spacial score (nSPS) is 11.3. The number of aryl methyl sites for hydroxylation is 4. The molecule has 0 radical (unpaired) electrons. The highest BCUT2D eigenvalue weighted by molar-refractivity contribution is 6.31. The molecule has 0 unspecified atom stereocenters. The van der Waals surface area contributed by atoms with Crippen molar-refractivity contribution in [3.05, 3.63) is 93.0 Å². The van der Waals surface area contributed by atoms with Crippen molar-refractivity contribution in [1.82, 2.24) is 30.0 Å². The summed E-state index contributed by atoms with van der Waals surface area (Å²) in [5.41, 5.74) is 5.82. The van der Waals surface area contributed by atoms with Crippen LogP contribution in [-0.2, 0) is 31.9 Å². The van der Waals surface area contributed by atoms with Crippen LogP contribution in [0.15, 0.2) is 60.7 Å². The van der Waals surface area contributed by atoms with Gasteiger partial charge in [0.2, 0.25) is 6.79 Å². The second kappa shape index (κ2) is 13.3. The van der Waals surface area contributed by atoms with Crippen molar-refractivity contribution in [1.29, 1.82) is 0 Å². The van der Waals surface area contributed by atoms with E-state index in [0.717, 1.165) is 11.1 Å². The van der Waals surface area contributed by atoms with E-state index in [1.807, 2.05) is 0 Å². The van der Waals surface area contributed by atoms with Gasteiger partial charge in [0.05, 0.1) is 0 Å². The Hall–Kier alpha value is -5.20. The Labute approximate surface area is 278 Å². The first-order chi connectivity index (χ1) is 22.5. The summed E-state index contributed by atoms with van der Waals surface area (Å²) in [5.74, 6) is -1.07. The number of fused-ring (bicyclic) bond motifs is 2. The van der Waals surface area contributed by atoms with Crippen LogP contribution in [0.25, 0.3) is 33.4 Å². The van der Waals surface area contributed by atoms with Crippen LogP contribution in [0.3, 0.4) is 0 Å².